The number of nitrogens with one attached hydrogen (secondary N) is 1. The van der Waals surface area contributed by atoms with E-state index < -0.39 is 5.91 Å². The number of nitrogens with two attached hydrogens (primary N) is 1. The van der Waals surface area contributed by atoms with Gasteiger partial charge in [-0.3, -0.25) is 9.69 Å². The van der Waals surface area contributed by atoms with Gasteiger partial charge in [0.15, 0.2) is 11.5 Å². The lowest BCUT2D eigenvalue weighted by molar-refractivity contribution is 0.0982. The number of piperazine rings is 1. The average molecular weight is 571 g/mol. The number of nitrogens with zero attached hydrogens (tertiary/aromatic N) is 6. The molecule has 3 aliphatic heterocycles. The van der Waals surface area contributed by atoms with Gasteiger partial charge in [-0.05, 0) is 57.6 Å². The van der Waals surface area contributed by atoms with Crippen molar-refractivity contribution in [2.75, 3.05) is 76.7 Å². The van der Waals surface area contributed by atoms with E-state index in [-0.39, 0.29) is 11.8 Å². The number of amides is 1. The maximum Gasteiger partial charge on any atom is 0.271 e. The van der Waals surface area contributed by atoms with Crippen LogP contribution in [-0.2, 0) is 0 Å². The van der Waals surface area contributed by atoms with Gasteiger partial charge in [-0.1, -0.05) is 30.3 Å². The Bertz CT molecular complexity index is 1350. The van der Waals surface area contributed by atoms with Crippen molar-refractivity contribution >= 4 is 23.1 Å². The Hall–Kier alpha value is -3.73. The molecule has 1 aromatic heterocycles. The molecule has 4 heterocycles. The summed E-state index contributed by atoms with van der Waals surface area (Å²) < 4.78 is 6.38. The largest absolute Gasteiger partial charge is 0.471 e. The van der Waals surface area contributed by atoms with E-state index in [1.165, 1.54) is 31.6 Å². The summed E-state index contributed by atoms with van der Waals surface area (Å²) in [5.41, 5.74) is 9.23. The van der Waals surface area contributed by atoms with Crippen molar-refractivity contribution in [1.82, 2.24) is 24.7 Å². The first-order valence-corrected chi connectivity index (χ1v) is 15.1. The maximum absolute atomic E-state index is 12.5. The zero-order valence-corrected chi connectivity index (χ0v) is 24.7. The first-order chi connectivity index (χ1) is 20.4. The smallest absolute Gasteiger partial charge is 0.271 e. The predicted molar refractivity (Wildman–Crippen MR) is 167 cm³/mol. The zero-order valence-electron chi connectivity index (χ0n) is 24.7. The van der Waals surface area contributed by atoms with Gasteiger partial charge >= 0.3 is 0 Å². The Morgan fingerprint density at radius 2 is 1.57 bits per heavy atom. The molecule has 0 spiro atoms. The molecule has 3 aromatic rings. The van der Waals surface area contributed by atoms with E-state index in [9.17, 15) is 4.79 Å². The van der Waals surface area contributed by atoms with Crippen LogP contribution >= 0.6 is 0 Å². The third-order valence-electron chi connectivity index (χ3n) is 8.78. The molecule has 1 amide bonds. The van der Waals surface area contributed by atoms with Crippen molar-refractivity contribution < 1.29 is 9.53 Å². The van der Waals surface area contributed by atoms with Crippen LogP contribution in [0.1, 0.15) is 29.8 Å². The summed E-state index contributed by atoms with van der Waals surface area (Å²) in [6.07, 6.45) is 3.28. The van der Waals surface area contributed by atoms with Crippen LogP contribution in [0, 0.1) is 0 Å². The van der Waals surface area contributed by atoms with Crippen molar-refractivity contribution in [2.24, 2.45) is 5.73 Å². The second-order valence-corrected chi connectivity index (χ2v) is 11.8. The Balaban J connectivity index is 1.18. The number of hydrogen-bond acceptors (Lipinski definition) is 9. The molecule has 222 valence electrons. The highest BCUT2D eigenvalue weighted by Gasteiger charge is 2.28. The van der Waals surface area contributed by atoms with Gasteiger partial charge in [-0.15, -0.1) is 0 Å². The molecule has 2 aromatic carbocycles. The van der Waals surface area contributed by atoms with Crippen LogP contribution in [0.3, 0.4) is 0 Å². The van der Waals surface area contributed by atoms with Crippen LogP contribution in [0.2, 0.25) is 0 Å². The number of aromatic nitrogens is 2. The minimum absolute atomic E-state index is 0.00119. The number of likely N-dealkylation sites (N-methyl/N-ethyl adjacent to an activating group) is 2. The molecule has 10 nitrogen and oxygen atoms in total. The van der Waals surface area contributed by atoms with Crippen LogP contribution < -0.4 is 20.7 Å². The number of anilines is 3. The fourth-order valence-corrected chi connectivity index (χ4v) is 6.26. The van der Waals surface area contributed by atoms with Gasteiger partial charge < -0.3 is 30.5 Å². The lowest BCUT2D eigenvalue weighted by atomic mass is 10.0. The summed E-state index contributed by atoms with van der Waals surface area (Å²) in [7, 11) is 4.29. The highest BCUT2D eigenvalue weighted by atomic mass is 16.5. The molecular weight excluding hydrogens is 528 g/mol. The fourth-order valence-electron chi connectivity index (χ4n) is 6.26. The van der Waals surface area contributed by atoms with E-state index in [0.717, 1.165) is 56.9 Å². The van der Waals surface area contributed by atoms with Gasteiger partial charge in [0.1, 0.15) is 11.8 Å². The minimum atomic E-state index is -0.644. The van der Waals surface area contributed by atoms with Crippen molar-refractivity contribution in [2.45, 2.75) is 31.4 Å². The SMILES string of the molecule is CN1CCN(C2CCN(c3ccc(Nc4nc(O[C@H]5CCN(C)C5)c(-c5ccccc5)nc4C(N)=O)cc3)CC2)CC1. The molecular formula is C32H42N8O2. The second-order valence-electron chi connectivity index (χ2n) is 11.8. The van der Waals surface area contributed by atoms with E-state index in [4.69, 9.17) is 15.5 Å². The first-order valence-electron chi connectivity index (χ1n) is 15.1. The van der Waals surface area contributed by atoms with Gasteiger partial charge in [0, 0.05) is 75.3 Å². The topological polar surface area (TPSA) is 103 Å². The molecule has 3 N–H and O–H groups in total. The number of carbonyl (C=O) groups excluding carboxylic acids is 1. The number of piperidine rings is 1. The first kappa shape index (κ1) is 28.4. The molecule has 3 fully saturated rings. The Kier molecular flexibility index (Phi) is 8.55. The Morgan fingerprint density at radius 1 is 0.857 bits per heavy atom. The van der Waals surface area contributed by atoms with E-state index >= 15 is 0 Å². The monoisotopic (exact) mass is 570 g/mol. The molecule has 42 heavy (non-hydrogen) atoms. The van der Waals surface area contributed by atoms with Gasteiger partial charge in [0.25, 0.3) is 5.91 Å². The van der Waals surface area contributed by atoms with Crippen LogP contribution in [0.15, 0.2) is 54.6 Å². The number of carbonyl (C=O) groups is 1. The molecule has 1 atom stereocenters. The van der Waals surface area contributed by atoms with E-state index in [0.29, 0.717) is 23.4 Å². The Morgan fingerprint density at radius 3 is 2.21 bits per heavy atom. The molecule has 0 unspecified atom stereocenters. The molecule has 0 aliphatic carbocycles. The third-order valence-corrected chi connectivity index (χ3v) is 8.78. The molecule has 0 saturated carbocycles. The molecule has 3 saturated heterocycles. The van der Waals surface area contributed by atoms with Crippen molar-refractivity contribution in [3.8, 4) is 17.1 Å². The van der Waals surface area contributed by atoms with Crippen LogP contribution in [-0.4, -0.2) is 109 Å². The fraction of sp³-hybridized carbons (Fsp3) is 0.469. The molecule has 0 radical (unpaired) electrons. The minimum Gasteiger partial charge on any atom is -0.471 e. The number of benzene rings is 2. The van der Waals surface area contributed by atoms with Gasteiger partial charge in [-0.25, -0.2) is 4.98 Å². The number of hydrogen-bond donors (Lipinski definition) is 2. The molecule has 6 rings (SSSR count). The predicted octanol–water partition coefficient (Wildman–Crippen LogP) is 3.29. The average Bonchev–Trinajstić information content (AvgIpc) is 3.42. The standard InChI is InChI=1S/C32H42N8O2/c1-37-18-20-40(21-19-37)26-12-16-39(17-13-26)25-10-8-24(9-11-25)34-31-29(30(33)41)35-28(23-6-4-3-5-7-23)32(36-31)42-27-14-15-38(2)22-27/h3-11,26-27H,12-22H2,1-2H3,(H2,33,41)(H,34,36)/t27-/m0/s1. The highest BCUT2D eigenvalue weighted by Crippen LogP contribution is 2.33. The summed E-state index contributed by atoms with van der Waals surface area (Å²) in [6, 6.07) is 18.6. The number of likely N-dealkylation sites (tertiary alicyclic amines) is 1. The van der Waals surface area contributed by atoms with E-state index in [1.54, 1.807) is 0 Å². The maximum atomic E-state index is 12.5. The quantitative estimate of drug-likeness (QED) is 0.422. The lowest BCUT2D eigenvalue weighted by Crippen LogP contribution is -2.52. The van der Waals surface area contributed by atoms with Crippen LogP contribution in [0.5, 0.6) is 5.88 Å². The summed E-state index contributed by atoms with van der Waals surface area (Å²) in [5.74, 6) is 0.0484. The number of ether oxygens (including phenoxy) is 1. The number of rotatable bonds is 8. The lowest BCUT2D eigenvalue weighted by Gasteiger charge is -2.42. The summed E-state index contributed by atoms with van der Waals surface area (Å²) >= 11 is 0. The van der Waals surface area contributed by atoms with Crippen molar-refractivity contribution in [1.29, 1.82) is 0 Å². The van der Waals surface area contributed by atoms with E-state index in [1.807, 2.05) is 42.5 Å². The second kappa shape index (κ2) is 12.6. The van der Waals surface area contributed by atoms with E-state index in [2.05, 4.69) is 56.1 Å². The number of primary amides is 1. The Labute approximate surface area is 248 Å². The summed E-state index contributed by atoms with van der Waals surface area (Å²) in [5, 5.41) is 3.30. The molecule has 10 heteroatoms. The normalized spacial score (nSPS) is 21.0. The van der Waals surface area contributed by atoms with Gasteiger partial charge in [0.05, 0.1) is 0 Å². The molecule has 0 bridgehead atoms. The van der Waals surface area contributed by atoms with Crippen LogP contribution in [0.4, 0.5) is 17.2 Å². The summed E-state index contributed by atoms with van der Waals surface area (Å²) in [4.78, 5) is 31.8. The van der Waals surface area contributed by atoms with Gasteiger partial charge in [0.2, 0.25) is 5.88 Å². The van der Waals surface area contributed by atoms with Crippen LogP contribution in [0.25, 0.3) is 11.3 Å². The van der Waals surface area contributed by atoms with Crippen molar-refractivity contribution in [3.63, 3.8) is 0 Å². The highest BCUT2D eigenvalue weighted by molar-refractivity contribution is 5.97. The molecule has 3 aliphatic rings. The third kappa shape index (κ3) is 6.51. The van der Waals surface area contributed by atoms with Gasteiger partial charge in [-0.2, -0.15) is 4.98 Å². The zero-order chi connectivity index (χ0) is 29.1. The van der Waals surface area contributed by atoms with Crippen molar-refractivity contribution in [3.05, 3.63) is 60.3 Å². The summed E-state index contributed by atoms with van der Waals surface area (Å²) in [6.45, 7) is 8.56.